The summed E-state index contributed by atoms with van der Waals surface area (Å²) in [5, 5.41) is 2.72. The molecule has 8 heteroatoms. The molecule has 0 unspecified atom stereocenters. The molecule has 0 saturated heterocycles. The van der Waals surface area contributed by atoms with Crippen molar-refractivity contribution in [2.45, 2.75) is 32.5 Å². The lowest BCUT2D eigenvalue weighted by Crippen LogP contribution is -2.35. The van der Waals surface area contributed by atoms with E-state index in [1.54, 1.807) is 43.5 Å². The van der Waals surface area contributed by atoms with Crippen LogP contribution in [0.15, 0.2) is 57.7 Å². The van der Waals surface area contributed by atoms with Gasteiger partial charge in [0.05, 0.1) is 19.0 Å². The number of carbonyl (C=O) groups is 2. The number of para-hydroxylation sites is 2. The molecule has 0 bridgehead atoms. The van der Waals surface area contributed by atoms with Gasteiger partial charge in [0.1, 0.15) is 5.75 Å². The molecule has 3 rings (SSSR count). The van der Waals surface area contributed by atoms with Crippen molar-refractivity contribution in [2.24, 2.45) is 0 Å². The van der Waals surface area contributed by atoms with Gasteiger partial charge in [0, 0.05) is 13.1 Å². The maximum Gasteiger partial charge on any atom is 0.419 e. The molecule has 0 aliphatic heterocycles. The quantitative estimate of drug-likeness (QED) is 0.584. The van der Waals surface area contributed by atoms with Gasteiger partial charge < -0.3 is 19.2 Å². The molecule has 0 saturated carbocycles. The minimum absolute atomic E-state index is 0.0560. The summed E-state index contributed by atoms with van der Waals surface area (Å²) in [7, 11) is 1.58. The molecule has 0 fully saturated rings. The van der Waals surface area contributed by atoms with Crippen molar-refractivity contribution in [3.05, 3.63) is 64.6 Å². The summed E-state index contributed by atoms with van der Waals surface area (Å²) in [4.78, 5) is 36.2. The number of rotatable bonds is 8. The van der Waals surface area contributed by atoms with Crippen molar-refractivity contribution >= 4 is 23.0 Å². The normalized spacial score (nSPS) is 11.8. The Labute approximate surface area is 167 Å². The Morgan fingerprint density at radius 1 is 1.14 bits per heavy atom. The minimum atomic E-state index is -0.946. The SMILES string of the molecule is COc1ccc(CNC(=O)[C@@H](C)OC(=O)CCn2c(=O)oc3ccccc32)cc1. The Morgan fingerprint density at radius 2 is 1.86 bits per heavy atom. The fraction of sp³-hybridized carbons (Fsp3) is 0.286. The molecule has 1 N–H and O–H groups in total. The van der Waals surface area contributed by atoms with Crippen LogP contribution in [-0.4, -0.2) is 29.7 Å². The zero-order valence-electron chi connectivity index (χ0n) is 16.2. The van der Waals surface area contributed by atoms with Crippen LogP contribution < -0.4 is 15.8 Å². The molecule has 8 nitrogen and oxygen atoms in total. The summed E-state index contributed by atoms with van der Waals surface area (Å²) < 4.78 is 16.7. The molecule has 1 heterocycles. The molecule has 3 aromatic rings. The summed E-state index contributed by atoms with van der Waals surface area (Å²) in [6.07, 6.45) is -1.00. The van der Waals surface area contributed by atoms with E-state index in [2.05, 4.69) is 5.32 Å². The summed E-state index contributed by atoms with van der Waals surface area (Å²) in [5.41, 5.74) is 1.96. The number of aryl methyl sites for hydroxylation is 1. The van der Waals surface area contributed by atoms with Gasteiger partial charge in [-0.15, -0.1) is 0 Å². The van der Waals surface area contributed by atoms with Crippen LogP contribution in [-0.2, 0) is 27.4 Å². The Bertz CT molecular complexity index is 1050. The van der Waals surface area contributed by atoms with E-state index >= 15 is 0 Å². The second-order valence-electron chi connectivity index (χ2n) is 6.44. The van der Waals surface area contributed by atoms with Gasteiger partial charge >= 0.3 is 11.7 Å². The number of esters is 1. The molecule has 0 aliphatic carbocycles. The van der Waals surface area contributed by atoms with E-state index < -0.39 is 23.7 Å². The molecule has 152 valence electrons. The molecule has 29 heavy (non-hydrogen) atoms. The minimum Gasteiger partial charge on any atom is -0.497 e. The standard InChI is InChI=1S/C21H22N2O6/c1-14(20(25)22-13-15-7-9-16(27-2)10-8-15)28-19(24)11-12-23-17-5-3-4-6-18(17)29-21(23)26/h3-10,14H,11-13H2,1-2H3,(H,22,25)/t14-/m1/s1. The lowest BCUT2D eigenvalue weighted by Gasteiger charge is -2.14. The number of oxazole rings is 1. The maximum absolute atomic E-state index is 12.2. The Kier molecular flexibility index (Phi) is 6.33. The first-order valence-corrected chi connectivity index (χ1v) is 9.16. The van der Waals surface area contributed by atoms with Crippen molar-refractivity contribution in [2.75, 3.05) is 7.11 Å². The maximum atomic E-state index is 12.2. The van der Waals surface area contributed by atoms with E-state index in [1.165, 1.54) is 11.5 Å². The van der Waals surface area contributed by atoms with E-state index in [1.807, 2.05) is 12.1 Å². The van der Waals surface area contributed by atoms with Crippen LogP contribution in [0.3, 0.4) is 0 Å². The molecule has 1 atom stereocenters. The topological polar surface area (TPSA) is 99.8 Å². The first kappa shape index (κ1) is 20.2. The summed E-state index contributed by atoms with van der Waals surface area (Å²) in [6.45, 7) is 1.91. The van der Waals surface area contributed by atoms with Crippen LogP contribution in [0.4, 0.5) is 0 Å². The van der Waals surface area contributed by atoms with Crippen LogP contribution in [0, 0.1) is 0 Å². The number of nitrogens with one attached hydrogen (secondary N) is 1. The third-order valence-corrected chi connectivity index (χ3v) is 4.42. The number of benzene rings is 2. The Hall–Kier alpha value is -3.55. The van der Waals surface area contributed by atoms with Gasteiger partial charge in [-0.25, -0.2) is 4.79 Å². The van der Waals surface area contributed by atoms with E-state index in [4.69, 9.17) is 13.9 Å². The summed E-state index contributed by atoms with van der Waals surface area (Å²) in [6, 6.07) is 14.2. The molecular weight excluding hydrogens is 376 g/mol. The summed E-state index contributed by atoms with van der Waals surface area (Å²) in [5.74, 6) is -0.787. The molecule has 2 aromatic carbocycles. The first-order valence-electron chi connectivity index (χ1n) is 9.16. The zero-order valence-corrected chi connectivity index (χ0v) is 16.2. The van der Waals surface area contributed by atoms with Crippen LogP contribution in [0.1, 0.15) is 18.9 Å². The second kappa shape index (κ2) is 9.09. The predicted octanol–water partition coefficient (Wildman–Crippen LogP) is 2.24. The van der Waals surface area contributed by atoms with Gasteiger partial charge in [0.15, 0.2) is 11.7 Å². The van der Waals surface area contributed by atoms with E-state index in [-0.39, 0.29) is 13.0 Å². The number of methoxy groups -OCH3 is 1. The average molecular weight is 398 g/mol. The molecular formula is C21H22N2O6. The first-order chi connectivity index (χ1) is 14.0. The molecule has 1 aromatic heterocycles. The zero-order chi connectivity index (χ0) is 20.8. The molecule has 0 aliphatic rings. The smallest absolute Gasteiger partial charge is 0.419 e. The van der Waals surface area contributed by atoms with Gasteiger partial charge in [0.25, 0.3) is 5.91 Å². The summed E-state index contributed by atoms with van der Waals surface area (Å²) >= 11 is 0. The largest absolute Gasteiger partial charge is 0.497 e. The molecule has 0 radical (unpaired) electrons. The number of hydrogen-bond donors (Lipinski definition) is 1. The fourth-order valence-electron chi connectivity index (χ4n) is 2.81. The second-order valence-corrected chi connectivity index (χ2v) is 6.44. The lowest BCUT2D eigenvalue weighted by molar-refractivity contribution is -0.155. The highest BCUT2D eigenvalue weighted by Crippen LogP contribution is 2.13. The van der Waals surface area contributed by atoms with Gasteiger partial charge in [0.2, 0.25) is 0 Å². The number of aromatic nitrogens is 1. The van der Waals surface area contributed by atoms with Crippen LogP contribution in [0.2, 0.25) is 0 Å². The number of carbonyl (C=O) groups excluding carboxylic acids is 2. The predicted molar refractivity (Wildman–Crippen MR) is 105 cm³/mol. The van der Waals surface area contributed by atoms with Gasteiger partial charge in [-0.1, -0.05) is 24.3 Å². The van der Waals surface area contributed by atoms with Crippen LogP contribution in [0.5, 0.6) is 5.75 Å². The van der Waals surface area contributed by atoms with Crippen molar-refractivity contribution < 1.29 is 23.5 Å². The number of nitrogens with zero attached hydrogens (tertiary/aromatic N) is 1. The fourth-order valence-corrected chi connectivity index (χ4v) is 2.81. The highest BCUT2D eigenvalue weighted by molar-refractivity contribution is 5.83. The highest BCUT2D eigenvalue weighted by Gasteiger charge is 2.18. The monoisotopic (exact) mass is 398 g/mol. The van der Waals surface area contributed by atoms with Gasteiger partial charge in [-0.2, -0.15) is 0 Å². The number of fused-ring (bicyclic) bond motifs is 1. The highest BCUT2D eigenvalue weighted by atomic mass is 16.5. The molecule has 1 amide bonds. The Balaban J connectivity index is 1.48. The van der Waals surface area contributed by atoms with Crippen LogP contribution in [0.25, 0.3) is 11.1 Å². The average Bonchev–Trinajstić information content (AvgIpc) is 3.05. The van der Waals surface area contributed by atoms with Crippen LogP contribution >= 0.6 is 0 Å². The van der Waals surface area contributed by atoms with Crippen molar-refractivity contribution in [1.82, 2.24) is 9.88 Å². The number of hydrogen-bond acceptors (Lipinski definition) is 6. The third kappa shape index (κ3) is 5.04. The number of ether oxygens (including phenoxy) is 2. The van der Waals surface area contributed by atoms with Crippen molar-refractivity contribution in [3.63, 3.8) is 0 Å². The van der Waals surface area contributed by atoms with Crippen molar-refractivity contribution in [1.29, 1.82) is 0 Å². The van der Waals surface area contributed by atoms with Crippen molar-refractivity contribution in [3.8, 4) is 5.75 Å². The lowest BCUT2D eigenvalue weighted by atomic mass is 10.2. The van der Waals surface area contributed by atoms with E-state index in [9.17, 15) is 14.4 Å². The Morgan fingerprint density at radius 3 is 2.59 bits per heavy atom. The molecule has 0 spiro atoms. The third-order valence-electron chi connectivity index (χ3n) is 4.42. The number of amides is 1. The van der Waals surface area contributed by atoms with E-state index in [0.29, 0.717) is 17.6 Å². The van der Waals surface area contributed by atoms with Gasteiger partial charge in [-0.05, 0) is 36.8 Å². The van der Waals surface area contributed by atoms with Gasteiger partial charge in [-0.3, -0.25) is 14.2 Å². The van der Waals surface area contributed by atoms with E-state index in [0.717, 1.165) is 11.3 Å².